The number of hydrogen-bond acceptors (Lipinski definition) is 4. The lowest BCUT2D eigenvalue weighted by molar-refractivity contribution is 0.384. The van der Waals surface area contributed by atoms with Crippen LogP contribution in [0.1, 0.15) is 17.3 Å². The van der Waals surface area contributed by atoms with Gasteiger partial charge in [0.15, 0.2) is 0 Å². The normalized spacial score (nSPS) is 12.2. The van der Waals surface area contributed by atoms with Crippen molar-refractivity contribution in [2.45, 2.75) is 6.04 Å². The molecule has 0 spiro atoms. The van der Waals surface area contributed by atoms with Crippen LogP contribution in [0.5, 0.6) is 5.88 Å². The molecular formula is C13H13Br2N3O. The monoisotopic (exact) mass is 385 g/mol. The molecule has 1 N–H and O–H groups in total. The number of halogens is 2. The molecule has 1 aromatic carbocycles. The predicted molar refractivity (Wildman–Crippen MR) is 81.3 cm³/mol. The van der Waals surface area contributed by atoms with E-state index in [1.165, 1.54) is 0 Å². The molecule has 0 radical (unpaired) electrons. The molecule has 0 saturated carbocycles. The van der Waals surface area contributed by atoms with Gasteiger partial charge in [-0.2, -0.15) is 0 Å². The number of nitrogens with one attached hydrogen (secondary N) is 1. The lowest BCUT2D eigenvalue weighted by atomic mass is 10.0. The standard InChI is InChI=1S/C13H13Br2N3O/c1-16-11(9-4-3-8(14)7-10(9)15)12-13(19-2)18-6-5-17-12/h3-7,11,16H,1-2H3. The maximum Gasteiger partial charge on any atom is 0.237 e. The first-order valence-electron chi connectivity index (χ1n) is 5.64. The fourth-order valence-corrected chi connectivity index (χ4v) is 3.14. The van der Waals surface area contributed by atoms with Gasteiger partial charge in [-0.3, -0.25) is 4.98 Å². The van der Waals surface area contributed by atoms with Crippen molar-refractivity contribution >= 4 is 31.9 Å². The largest absolute Gasteiger partial charge is 0.480 e. The van der Waals surface area contributed by atoms with Crippen molar-refractivity contribution in [3.63, 3.8) is 0 Å². The van der Waals surface area contributed by atoms with E-state index in [0.717, 1.165) is 20.2 Å². The Kier molecular flexibility index (Phi) is 4.90. The molecule has 4 nitrogen and oxygen atoms in total. The molecule has 2 aromatic rings. The van der Waals surface area contributed by atoms with Crippen LogP contribution in [0.25, 0.3) is 0 Å². The van der Waals surface area contributed by atoms with Gasteiger partial charge in [0.05, 0.1) is 13.2 Å². The first-order valence-corrected chi connectivity index (χ1v) is 7.23. The van der Waals surface area contributed by atoms with E-state index in [9.17, 15) is 0 Å². The Morgan fingerprint density at radius 1 is 1.21 bits per heavy atom. The van der Waals surface area contributed by atoms with Gasteiger partial charge in [0.1, 0.15) is 5.69 Å². The molecule has 0 aliphatic rings. The second-order valence-corrected chi connectivity index (χ2v) is 5.61. The maximum absolute atomic E-state index is 5.28. The van der Waals surface area contributed by atoms with Crippen LogP contribution >= 0.6 is 31.9 Å². The van der Waals surface area contributed by atoms with E-state index < -0.39 is 0 Å². The summed E-state index contributed by atoms with van der Waals surface area (Å²) in [4.78, 5) is 8.57. The average molecular weight is 387 g/mol. The van der Waals surface area contributed by atoms with Crippen LogP contribution in [0.3, 0.4) is 0 Å². The third-order valence-electron chi connectivity index (χ3n) is 2.72. The van der Waals surface area contributed by atoms with Crippen LogP contribution in [-0.4, -0.2) is 24.1 Å². The number of hydrogen-bond donors (Lipinski definition) is 1. The molecule has 1 unspecified atom stereocenters. The summed E-state index contributed by atoms with van der Waals surface area (Å²) in [6, 6.07) is 5.94. The highest BCUT2D eigenvalue weighted by Crippen LogP contribution is 2.32. The van der Waals surface area contributed by atoms with Gasteiger partial charge >= 0.3 is 0 Å². The van der Waals surface area contributed by atoms with E-state index in [1.54, 1.807) is 19.5 Å². The highest BCUT2D eigenvalue weighted by molar-refractivity contribution is 9.11. The summed E-state index contributed by atoms with van der Waals surface area (Å²) < 4.78 is 7.29. The van der Waals surface area contributed by atoms with Crippen molar-refractivity contribution in [2.75, 3.05) is 14.2 Å². The van der Waals surface area contributed by atoms with Crippen molar-refractivity contribution in [2.24, 2.45) is 0 Å². The summed E-state index contributed by atoms with van der Waals surface area (Å²) in [6.07, 6.45) is 3.28. The molecule has 0 fully saturated rings. The third kappa shape index (κ3) is 3.13. The molecule has 6 heteroatoms. The van der Waals surface area contributed by atoms with Crippen LogP contribution in [0.4, 0.5) is 0 Å². The van der Waals surface area contributed by atoms with E-state index in [2.05, 4.69) is 47.1 Å². The summed E-state index contributed by atoms with van der Waals surface area (Å²) in [5, 5.41) is 3.24. The van der Waals surface area contributed by atoms with Crippen molar-refractivity contribution in [1.29, 1.82) is 0 Å². The number of methoxy groups -OCH3 is 1. The summed E-state index contributed by atoms with van der Waals surface area (Å²) in [5.74, 6) is 0.525. The van der Waals surface area contributed by atoms with Gasteiger partial charge in [0, 0.05) is 21.3 Å². The van der Waals surface area contributed by atoms with Crippen LogP contribution in [0, 0.1) is 0 Å². The highest BCUT2D eigenvalue weighted by atomic mass is 79.9. The molecule has 0 aliphatic heterocycles. The molecule has 0 amide bonds. The minimum Gasteiger partial charge on any atom is -0.480 e. The number of rotatable bonds is 4. The Hall–Kier alpha value is -0.980. The molecule has 1 heterocycles. The van der Waals surface area contributed by atoms with E-state index in [0.29, 0.717) is 5.88 Å². The topological polar surface area (TPSA) is 47.0 Å². The van der Waals surface area contributed by atoms with Crippen molar-refractivity contribution in [3.8, 4) is 5.88 Å². The smallest absolute Gasteiger partial charge is 0.237 e. The Morgan fingerprint density at radius 3 is 2.58 bits per heavy atom. The summed E-state index contributed by atoms with van der Waals surface area (Å²) in [6.45, 7) is 0. The zero-order valence-corrected chi connectivity index (χ0v) is 13.7. The number of benzene rings is 1. The Morgan fingerprint density at radius 2 is 1.95 bits per heavy atom. The summed E-state index contributed by atoms with van der Waals surface area (Å²) in [5.41, 5.74) is 1.83. The van der Waals surface area contributed by atoms with Crippen LogP contribution < -0.4 is 10.1 Å². The van der Waals surface area contributed by atoms with Crippen LogP contribution in [0.2, 0.25) is 0 Å². The SMILES string of the molecule is CNC(c1ccc(Br)cc1Br)c1nccnc1OC. The fourth-order valence-electron chi connectivity index (χ4n) is 1.87. The number of ether oxygens (including phenoxy) is 1. The predicted octanol–water partition coefficient (Wildman–Crippen LogP) is 3.32. The zero-order chi connectivity index (χ0) is 13.8. The quantitative estimate of drug-likeness (QED) is 0.875. The second-order valence-electron chi connectivity index (χ2n) is 3.84. The fraction of sp³-hybridized carbons (Fsp3) is 0.231. The van der Waals surface area contributed by atoms with Crippen molar-refractivity contribution in [3.05, 3.63) is 50.8 Å². The summed E-state index contributed by atoms with van der Waals surface area (Å²) in [7, 11) is 3.48. The average Bonchev–Trinajstić information content (AvgIpc) is 2.42. The number of nitrogens with zero attached hydrogens (tertiary/aromatic N) is 2. The Bertz CT molecular complexity index is 578. The molecule has 2 rings (SSSR count). The molecule has 1 atom stereocenters. The highest BCUT2D eigenvalue weighted by Gasteiger charge is 2.21. The molecule has 19 heavy (non-hydrogen) atoms. The van der Waals surface area contributed by atoms with E-state index in [4.69, 9.17) is 4.74 Å². The lowest BCUT2D eigenvalue weighted by Crippen LogP contribution is -2.20. The zero-order valence-electron chi connectivity index (χ0n) is 10.5. The molecule has 100 valence electrons. The van der Waals surface area contributed by atoms with E-state index >= 15 is 0 Å². The van der Waals surface area contributed by atoms with E-state index in [-0.39, 0.29) is 6.04 Å². The van der Waals surface area contributed by atoms with Gasteiger partial charge < -0.3 is 10.1 Å². The molecular weight excluding hydrogens is 374 g/mol. The first kappa shape index (κ1) is 14.4. The molecule has 0 saturated heterocycles. The Labute approximate surface area is 128 Å². The van der Waals surface area contributed by atoms with Crippen molar-refractivity contribution < 1.29 is 4.74 Å². The first-order chi connectivity index (χ1) is 9.17. The van der Waals surface area contributed by atoms with Crippen LogP contribution in [0.15, 0.2) is 39.5 Å². The van der Waals surface area contributed by atoms with E-state index in [1.807, 2.05) is 25.2 Å². The molecule has 0 aliphatic carbocycles. The second kappa shape index (κ2) is 6.45. The third-order valence-corrected chi connectivity index (χ3v) is 3.90. The summed E-state index contributed by atoms with van der Waals surface area (Å²) >= 11 is 7.02. The van der Waals surface area contributed by atoms with Gasteiger partial charge in [-0.05, 0) is 24.7 Å². The van der Waals surface area contributed by atoms with Gasteiger partial charge in [0.25, 0.3) is 0 Å². The van der Waals surface area contributed by atoms with Crippen LogP contribution in [-0.2, 0) is 0 Å². The maximum atomic E-state index is 5.28. The van der Waals surface area contributed by atoms with Gasteiger partial charge in [-0.25, -0.2) is 4.98 Å². The molecule has 0 bridgehead atoms. The minimum atomic E-state index is -0.0916. The van der Waals surface area contributed by atoms with Crippen molar-refractivity contribution in [1.82, 2.24) is 15.3 Å². The van der Waals surface area contributed by atoms with Gasteiger partial charge in [0.2, 0.25) is 5.88 Å². The van der Waals surface area contributed by atoms with Gasteiger partial charge in [-0.15, -0.1) is 0 Å². The number of aromatic nitrogens is 2. The molecule has 1 aromatic heterocycles. The van der Waals surface area contributed by atoms with Gasteiger partial charge in [-0.1, -0.05) is 37.9 Å². The minimum absolute atomic E-state index is 0.0916. The Balaban J connectivity index is 2.50. The lowest BCUT2D eigenvalue weighted by Gasteiger charge is -2.19.